The van der Waals surface area contributed by atoms with E-state index < -0.39 is 10.7 Å². The fourth-order valence-corrected chi connectivity index (χ4v) is 3.71. The van der Waals surface area contributed by atoms with E-state index in [0.717, 1.165) is 0 Å². The summed E-state index contributed by atoms with van der Waals surface area (Å²) in [6.45, 7) is 0.103. The molecule has 0 aliphatic carbocycles. The van der Waals surface area contributed by atoms with Crippen LogP contribution in [0.1, 0.15) is 17.0 Å². The average molecular weight is 483 g/mol. The second kappa shape index (κ2) is 9.28. The van der Waals surface area contributed by atoms with Gasteiger partial charge in [0, 0.05) is 12.1 Å². The number of allylic oxidation sites excluding steroid dienone is 1. The molecule has 1 N–H and O–H groups in total. The van der Waals surface area contributed by atoms with Gasteiger partial charge in [0.05, 0.1) is 31.6 Å². The molecule has 3 aromatic carbocycles. The second-order valence-corrected chi connectivity index (χ2v) is 7.76. The normalized spacial score (nSPS) is 11.4. The Kier molecular flexibility index (Phi) is 6.27. The molecule has 4 aromatic rings. The van der Waals surface area contributed by atoms with Crippen LogP contribution >= 0.6 is 23.2 Å². The summed E-state index contributed by atoms with van der Waals surface area (Å²) < 4.78 is 19.1. The molecule has 0 aliphatic heterocycles. The van der Waals surface area contributed by atoms with Crippen molar-refractivity contribution in [2.45, 2.75) is 6.61 Å². The number of H-pyrrole nitrogens is 1. The van der Waals surface area contributed by atoms with E-state index in [1.165, 1.54) is 30.3 Å². The highest BCUT2D eigenvalue weighted by Crippen LogP contribution is 2.36. The molecule has 1 aromatic heterocycles. The van der Waals surface area contributed by atoms with Gasteiger partial charge in [-0.25, -0.2) is 9.37 Å². The third kappa shape index (κ3) is 4.95. The highest BCUT2D eigenvalue weighted by molar-refractivity contribution is 6.37. The minimum atomic E-state index is -0.482. The summed E-state index contributed by atoms with van der Waals surface area (Å²) in [5, 5.41) is 20.8. The van der Waals surface area contributed by atoms with Gasteiger partial charge in [-0.15, -0.1) is 0 Å². The zero-order chi connectivity index (χ0) is 23.5. The van der Waals surface area contributed by atoms with Gasteiger partial charge in [-0.3, -0.25) is 10.1 Å². The maximum atomic E-state index is 13.4. The van der Waals surface area contributed by atoms with Gasteiger partial charge in [-0.05, 0) is 59.7 Å². The summed E-state index contributed by atoms with van der Waals surface area (Å²) in [4.78, 5) is 17.5. The number of hydrogen-bond acceptors (Lipinski definition) is 5. The number of hydrogen-bond donors (Lipinski definition) is 1. The van der Waals surface area contributed by atoms with Gasteiger partial charge in [0.2, 0.25) is 0 Å². The summed E-state index contributed by atoms with van der Waals surface area (Å²) in [6, 6.07) is 15.3. The smallest absolute Gasteiger partial charge is 0.269 e. The first-order valence-electron chi connectivity index (χ1n) is 9.46. The van der Waals surface area contributed by atoms with Crippen molar-refractivity contribution in [3.63, 3.8) is 0 Å². The Bertz CT molecular complexity index is 1420. The Labute approximate surface area is 196 Å². The van der Waals surface area contributed by atoms with Crippen LogP contribution in [0.2, 0.25) is 10.0 Å². The van der Waals surface area contributed by atoms with Gasteiger partial charge in [-0.1, -0.05) is 23.2 Å². The fraction of sp³-hybridized carbons (Fsp3) is 0.0435. The zero-order valence-corrected chi connectivity index (χ0v) is 18.2. The molecular formula is C23H13Cl2FN4O3. The number of nitrogens with zero attached hydrogens (tertiary/aromatic N) is 3. The van der Waals surface area contributed by atoms with Gasteiger partial charge in [-0.2, -0.15) is 5.26 Å². The van der Waals surface area contributed by atoms with E-state index in [4.69, 9.17) is 27.9 Å². The van der Waals surface area contributed by atoms with E-state index in [-0.39, 0.29) is 39.5 Å². The number of fused-ring (bicyclic) bond motifs is 1. The molecule has 4 rings (SSSR count). The number of nitro benzene ring substituents is 1. The molecular weight excluding hydrogens is 470 g/mol. The van der Waals surface area contributed by atoms with Crippen LogP contribution in [0.4, 0.5) is 10.1 Å². The van der Waals surface area contributed by atoms with Crippen molar-refractivity contribution in [2.24, 2.45) is 0 Å². The van der Waals surface area contributed by atoms with Crippen LogP contribution in [-0.4, -0.2) is 14.9 Å². The monoisotopic (exact) mass is 482 g/mol. The lowest BCUT2D eigenvalue weighted by molar-refractivity contribution is -0.384. The number of ether oxygens (including phenoxy) is 1. The molecule has 33 heavy (non-hydrogen) atoms. The predicted octanol–water partition coefficient (Wildman–Crippen LogP) is 6.56. The molecule has 164 valence electrons. The lowest BCUT2D eigenvalue weighted by Gasteiger charge is -2.11. The van der Waals surface area contributed by atoms with Crippen LogP contribution < -0.4 is 4.74 Å². The van der Waals surface area contributed by atoms with Crippen molar-refractivity contribution in [1.82, 2.24) is 9.97 Å². The van der Waals surface area contributed by atoms with Gasteiger partial charge in [0.15, 0.2) is 5.75 Å². The van der Waals surface area contributed by atoms with Crippen LogP contribution in [0.3, 0.4) is 0 Å². The largest absolute Gasteiger partial charge is 0.486 e. The van der Waals surface area contributed by atoms with E-state index in [9.17, 15) is 19.8 Å². The maximum Gasteiger partial charge on any atom is 0.269 e. The lowest BCUT2D eigenvalue weighted by Crippen LogP contribution is -1.98. The Morgan fingerprint density at radius 2 is 1.88 bits per heavy atom. The Hall–Kier alpha value is -3.93. The number of nitro groups is 1. The molecule has 0 saturated carbocycles. The first-order chi connectivity index (χ1) is 15.8. The van der Waals surface area contributed by atoms with Gasteiger partial charge in [0.1, 0.15) is 24.3 Å². The fourth-order valence-electron chi connectivity index (χ4n) is 3.10. The van der Waals surface area contributed by atoms with E-state index in [1.807, 2.05) is 0 Å². The zero-order valence-electron chi connectivity index (χ0n) is 16.7. The Balaban J connectivity index is 1.56. The molecule has 10 heteroatoms. The summed E-state index contributed by atoms with van der Waals surface area (Å²) >= 11 is 12.7. The molecule has 0 atom stereocenters. The molecule has 0 aliphatic rings. The third-order valence-electron chi connectivity index (χ3n) is 4.68. The molecule has 0 bridgehead atoms. The van der Waals surface area contributed by atoms with E-state index >= 15 is 0 Å². The second-order valence-electron chi connectivity index (χ2n) is 6.94. The van der Waals surface area contributed by atoms with E-state index in [1.54, 1.807) is 30.3 Å². The highest BCUT2D eigenvalue weighted by atomic mass is 35.5. The van der Waals surface area contributed by atoms with Crippen molar-refractivity contribution in [1.29, 1.82) is 5.26 Å². The molecule has 0 radical (unpaired) electrons. The molecule has 1 heterocycles. The quantitative estimate of drug-likeness (QED) is 0.190. The lowest BCUT2D eigenvalue weighted by atomic mass is 10.1. The van der Waals surface area contributed by atoms with Gasteiger partial charge < -0.3 is 9.72 Å². The van der Waals surface area contributed by atoms with Crippen molar-refractivity contribution in [3.8, 4) is 11.8 Å². The number of aromatic nitrogens is 2. The Morgan fingerprint density at radius 3 is 2.52 bits per heavy atom. The van der Waals surface area contributed by atoms with Crippen LogP contribution in [0.15, 0.2) is 54.6 Å². The summed E-state index contributed by atoms with van der Waals surface area (Å²) in [7, 11) is 0. The minimum Gasteiger partial charge on any atom is -0.486 e. The SMILES string of the molecule is N#C/C(=C/c1cc(Cl)c(OCc2ccc([N+](=O)[O-])cc2)c(Cl)c1)c1nc2ccc(F)cc2[nH]1. The maximum absolute atomic E-state index is 13.4. The summed E-state index contributed by atoms with van der Waals surface area (Å²) in [6.07, 6.45) is 1.55. The first-order valence-corrected chi connectivity index (χ1v) is 10.2. The predicted molar refractivity (Wildman–Crippen MR) is 123 cm³/mol. The molecule has 0 saturated heterocycles. The molecule has 0 spiro atoms. The van der Waals surface area contributed by atoms with Crippen LogP contribution in [0, 0.1) is 27.3 Å². The number of rotatable bonds is 6. The molecule has 0 amide bonds. The number of nitrogens with one attached hydrogen (secondary N) is 1. The van der Waals surface area contributed by atoms with Crippen molar-refractivity contribution in [2.75, 3.05) is 0 Å². The van der Waals surface area contributed by atoms with Crippen molar-refractivity contribution in [3.05, 3.63) is 97.5 Å². The minimum absolute atomic E-state index is 0.0196. The standard InChI is InChI=1S/C23H13Cl2FN4O3/c24-18-8-14(7-15(11-27)23-28-20-6-3-16(26)10-21(20)29-23)9-19(25)22(18)33-12-13-1-4-17(5-2-13)30(31)32/h1-10H,12H2,(H,28,29)/b15-7-. The highest BCUT2D eigenvalue weighted by Gasteiger charge is 2.13. The number of non-ortho nitro benzene ring substituents is 1. The molecule has 0 fully saturated rings. The number of halogens is 3. The topological polar surface area (TPSA) is 105 Å². The number of aromatic amines is 1. The third-order valence-corrected chi connectivity index (χ3v) is 5.24. The van der Waals surface area contributed by atoms with Crippen molar-refractivity contribution >= 4 is 51.6 Å². The average Bonchev–Trinajstić information content (AvgIpc) is 3.20. The first kappa shape index (κ1) is 22.3. The van der Waals surface area contributed by atoms with Gasteiger partial charge >= 0.3 is 0 Å². The number of imidazole rings is 1. The van der Waals surface area contributed by atoms with Gasteiger partial charge in [0.25, 0.3) is 5.69 Å². The van der Waals surface area contributed by atoms with Crippen LogP contribution in [0.25, 0.3) is 22.7 Å². The van der Waals surface area contributed by atoms with Crippen LogP contribution in [-0.2, 0) is 6.61 Å². The number of benzene rings is 3. The van der Waals surface area contributed by atoms with E-state index in [0.29, 0.717) is 22.2 Å². The number of nitriles is 1. The Morgan fingerprint density at radius 1 is 1.18 bits per heavy atom. The summed E-state index contributed by atoms with van der Waals surface area (Å²) in [5.41, 5.74) is 2.42. The molecule has 0 unspecified atom stereocenters. The van der Waals surface area contributed by atoms with Crippen molar-refractivity contribution < 1.29 is 14.1 Å². The molecule has 7 nitrogen and oxygen atoms in total. The van der Waals surface area contributed by atoms with Crippen LogP contribution in [0.5, 0.6) is 5.75 Å². The summed E-state index contributed by atoms with van der Waals surface area (Å²) in [5.74, 6) is 0.110. The van der Waals surface area contributed by atoms with E-state index in [2.05, 4.69) is 16.0 Å².